The first kappa shape index (κ1) is 17.1. The summed E-state index contributed by atoms with van der Waals surface area (Å²) in [7, 11) is 0. The minimum Gasteiger partial charge on any atom is -0.326 e. The molecule has 1 rings (SSSR count). The molecule has 1 aromatic carbocycles. The van der Waals surface area contributed by atoms with Gasteiger partial charge in [-0.1, -0.05) is 41.5 Å². The van der Waals surface area contributed by atoms with Crippen LogP contribution < -0.4 is 5.32 Å². The van der Waals surface area contributed by atoms with Crippen LogP contribution in [0.15, 0.2) is 12.1 Å². The third kappa shape index (κ3) is 4.03. The van der Waals surface area contributed by atoms with E-state index in [2.05, 4.69) is 5.32 Å². The zero-order chi connectivity index (χ0) is 16.6. The highest BCUT2D eigenvalue weighted by molar-refractivity contribution is 5.89. The summed E-state index contributed by atoms with van der Waals surface area (Å²) in [6.45, 7) is 13.0. The van der Waals surface area contributed by atoms with Crippen LogP contribution in [0.2, 0.25) is 0 Å². The Kier molecular flexibility index (Phi) is 4.46. The lowest BCUT2D eigenvalue weighted by Crippen LogP contribution is -2.21. The Morgan fingerprint density at radius 2 is 1.43 bits per heavy atom. The van der Waals surface area contributed by atoms with Crippen LogP contribution >= 0.6 is 0 Å². The van der Waals surface area contributed by atoms with Crippen molar-refractivity contribution >= 4 is 17.3 Å². The summed E-state index contributed by atoms with van der Waals surface area (Å²) in [5, 5.41) is 14.3. The number of anilines is 1. The number of nitrogens with zero attached hydrogens (tertiary/aromatic N) is 1. The number of hydrogen-bond acceptors (Lipinski definition) is 3. The van der Waals surface area contributed by atoms with Crippen LogP contribution in [-0.2, 0) is 15.6 Å². The van der Waals surface area contributed by atoms with Crippen molar-refractivity contribution in [2.45, 2.75) is 59.3 Å². The monoisotopic (exact) mass is 292 g/mol. The van der Waals surface area contributed by atoms with Crippen molar-refractivity contribution < 1.29 is 9.72 Å². The van der Waals surface area contributed by atoms with Crippen LogP contribution in [0.25, 0.3) is 0 Å². The number of nitro benzene ring substituents is 1. The highest BCUT2D eigenvalue weighted by atomic mass is 16.6. The van der Waals surface area contributed by atoms with Gasteiger partial charge in [0.2, 0.25) is 5.91 Å². The van der Waals surface area contributed by atoms with E-state index in [1.54, 1.807) is 12.1 Å². The predicted octanol–water partition coefficient (Wildman–Crippen LogP) is 4.15. The van der Waals surface area contributed by atoms with E-state index >= 15 is 0 Å². The second-order valence-corrected chi connectivity index (χ2v) is 7.36. The maximum absolute atomic E-state index is 11.6. The number of nitrogens with one attached hydrogen (secondary N) is 1. The van der Waals surface area contributed by atoms with Crippen LogP contribution in [-0.4, -0.2) is 10.8 Å². The van der Waals surface area contributed by atoms with E-state index in [0.717, 1.165) is 0 Å². The van der Waals surface area contributed by atoms with Gasteiger partial charge in [0, 0.05) is 23.7 Å². The molecule has 21 heavy (non-hydrogen) atoms. The summed E-state index contributed by atoms with van der Waals surface area (Å²) in [4.78, 5) is 22.6. The first-order valence-corrected chi connectivity index (χ1v) is 6.95. The predicted molar refractivity (Wildman–Crippen MR) is 84.8 cm³/mol. The molecule has 0 aliphatic rings. The van der Waals surface area contributed by atoms with Crippen LogP contribution in [0.3, 0.4) is 0 Å². The third-order valence-electron chi connectivity index (χ3n) is 3.23. The molecule has 0 spiro atoms. The third-order valence-corrected chi connectivity index (χ3v) is 3.23. The second-order valence-electron chi connectivity index (χ2n) is 7.36. The summed E-state index contributed by atoms with van der Waals surface area (Å²) in [5.74, 6) is -0.191. The summed E-state index contributed by atoms with van der Waals surface area (Å²) < 4.78 is 0. The molecule has 0 atom stereocenters. The zero-order valence-corrected chi connectivity index (χ0v) is 13.8. The Morgan fingerprint density at radius 1 is 1.05 bits per heavy atom. The molecule has 5 nitrogen and oxygen atoms in total. The van der Waals surface area contributed by atoms with Gasteiger partial charge in [-0.05, 0) is 23.0 Å². The van der Waals surface area contributed by atoms with E-state index in [0.29, 0.717) is 16.8 Å². The van der Waals surface area contributed by atoms with E-state index in [-0.39, 0.29) is 16.5 Å². The fraction of sp³-hybridized carbons (Fsp3) is 0.562. The second kappa shape index (κ2) is 5.47. The van der Waals surface area contributed by atoms with E-state index < -0.39 is 10.8 Å². The van der Waals surface area contributed by atoms with Crippen LogP contribution in [0.4, 0.5) is 11.4 Å². The maximum atomic E-state index is 11.6. The first-order chi connectivity index (χ1) is 9.34. The largest absolute Gasteiger partial charge is 0.326 e. The van der Waals surface area contributed by atoms with Gasteiger partial charge in [-0.2, -0.15) is 0 Å². The molecular formula is C16H24N2O3. The van der Waals surface area contributed by atoms with Crippen molar-refractivity contribution in [1.29, 1.82) is 0 Å². The number of carbonyl (C=O) groups is 1. The molecule has 0 aromatic heterocycles. The van der Waals surface area contributed by atoms with E-state index in [1.165, 1.54) is 6.92 Å². The fourth-order valence-corrected chi connectivity index (χ4v) is 2.25. The zero-order valence-electron chi connectivity index (χ0n) is 13.8. The topological polar surface area (TPSA) is 72.2 Å². The molecule has 116 valence electrons. The fourth-order valence-electron chi connectivity index (χ4n) is 2.25. The van der Waals surface area contributed by atoms with Crippen molar-refractivity contribution in [1.82, 2.24) is 0 Å². The minimum atomic E-state index is -0.392. The van der Waals surface area contributed by atoms with Crippen LogP contribution in [0, 0.1) is 10.1 Å². The van der Waals surface area contributed by atoms with Crippen LogP contribution in [0.5, 0.6) is 0 Å². The molecule has 0 bridgehead atoms. The summed E-state index contributed by atoms with van der Waals surface area (Å²) in [6, 6.07) is 3.41. The molecular weight excluding hydrogens is 268 g/mol. The smallest absolute Gasteiger partial charge is 0.276 e. The highest BCUT2D eigenvalue weighted by Gasteiger charge is 2.33. The molecule has 0 unspecified atom stereocenters. The highest BCUT2D eigenvalue weighted by Crippen LogP contribution is 2.41. The molecule has 1 aromatic rings. The molecule has 0 aliphatic heterocycles. The van der Waals surface area contributed by atoms with Gasteiger partial charge in [0.05, 0.1) is 4.92 Å². The Balaban J connectivity index is 3.75. The van der Waals surface area contributed by atoms with Crippen molar-refractivity contribution in [2.75, 3.05) is 5.32 Å². The number of rotatable bonds is 2. The van der Waals surface area contributed by atoms with Gasteiger partial charge in [0.25, 0.3) is 5.69 Å². The Labute approximate surface area is 125 Å². The van der Waals surface area contributed by atoms with Crippen LogP contribution in [0.1, 0.15) is 59.6 Å². The summed E-state index contributed by atoms with van der Waals surface area (Å²) >= 11 is 0. The van der Waals surface area contributed by atoms with Crippen molar-refractivity contribution in [2.24, 2.45) is 0 Å². The first-order valence-electron chi connectivity index (χ1n) is 6.95. The molecule has 0 heterocycles. The average Bonchev–Trinajstić information content (AvgIpc) is 2.24. The molecule has 0 radical (unpaired) electrons. The molecule has 0 aliphatic carbocycles. The number of hydrogen-bond donors (Lipinski definition) is 1. The van der Waals surface area contributed by atoms with Gasteiger partial charge >= 0.3 is 0 Å². The normalized spacial score (nSPS) is 12.1. The lowest BCUT2D eigenvalue weighted by atomic mass is 9.78. The van der Waals surface area contributed by atoms with E-state index in [1.807, 2.05) is 41.5 Å². The summed E-state index contributed by atoms with van der Waals surface area (Å²) in [6.07, 6.45) is 0. The molecule has 1 amide bonds. The quantitative estimate of drug-likeness (QED) is 0.657. The molecule has 0 saturated heterocycles. The number of amides is 1. The van der Waals surface area contributed by atoms with Gasteiger partial charge in [0.15, 0.2) is 0 Å². The summed E-state index contributed by atoms with van der Waals surface area (Å²) in [5.41, 5.74) is 1.22. The van der Waals surface area contributed by atoms with Gasteiger partial charge < -0.3 is 5.32 Å². The van der Waals surface area contributed by atoms with Crippen molar-refractivity contribution in [3.8, 4) is 0 Å². The van der Waals surface area contributed by atoms with E-state index in [4.69, 9.17) is 0 Å². The molecule has 5 heteroatoms. The Hall–Kier alpha value is -1.91. The lowest BCUT2D eigenvalue weighted by Gasteiger charge is -2.26. The number of benzene rings is 1. The minimum absolute atomic E-state index is 0.143. The maximum Gasteiger partial charge on any atom is 0.276 e. The lowest BCUT2D eigenvalue weighted by molar-refractivity contribution is -0.387. The number of carbonyl (C=O) groups excluding carboxylic acids is 1. The van der Waals surface area contributed by atoms with Gasteiger partial charge in [0.1, 0.15) is 0 Å². The number of nitro groups is 1. The van der Waals surface area contributed by atoms with Crippen molar-refractivity contribution in [3.05, 3.63) is 33.4 Å². The van der Waals surface area contributed by atoms with E-state index in [9.17, 15) is 14.9 Å². The van der Waals surface area contributed by atoms with Gasteiger partial charge in [-0.3, -0.25) is 14.9 Å². The molecule has 0 fully saturated rings. The standard InChI is InChI=1S/C16H24N2O3/c1-10(19)17-11-8-12(15(2,3)4)14(18(20)21)13(9-11)16(5,6)7/h8-9H,1-7H3,(H,17,19). The molecule has 1 N–H and O–H groups in total. The average molecular weight is 292 g/mol. The SMILES string of the molecule is CC(=O)Nc1cc(C(C)(C)C)c([N+](=O)[O-])c(C(C)(C)C)c1. The van der Waals surface area contributed by atoms with Gasteiger partial charge in [-0.25, -0.2) is 0 Å². The Morgan fingerprint density at radius 3 is 1.67 bits per heavy atom. The Bertz CT molecular complexity index is 543. The van der Waals surface area contributed by atoms with Crippen molar-refractivity contribution in [3.63, 3.8) is 0 Å². The molecule has 0 saturated carbocycles. The van der Waals surface area contributed by atoms with Gasteiger partial charge in [-0.15, -0.1) is 0 Å².